The zero-order valence-electron chi connectivity index (χ0n) is 13.2. The predicted octanol–water partition coefficient (Wildman–Crippen LogP) is 2.37. The molecule has 0 fully saturated rings. The van der Waals surface area contributed by atoms with Gasteiger partial charge in [0.05, 0.1) is 6.20 Å². The second-order valence-corrected chi connectivity index (χ2v) is 3.00. The Kier molecular flexibility index (Phi) is 26.0. The van der Waals surface area contributed by atoms with Gasteiger partial charge in [0.1, 0.15) is 0 Å². The molecule has 4 N–H and O–H groups in total. The highest BCUT2D eigenvalue weighted by Crippen LogP contribution is 1.96. The molecule has 0 radical (unpaired) electrons. The maximum atomic E-state index is 7.00. The monoisotopic (exact) mass is 272 g/mol. The topological polar surface area (TPSA) is 86.8 Å². The van der Waals surface area contributed by atoms with E-state index in [1.165, 1.54) is 12.0 Å². The van der Waals surface area contributed by atoms with Crippen molar-refractivity contribution in [2.24, 2.45) is 0 Å². The van der Waals surface area contributed by atoms with Gasteiger partial charge in [-0.1, -0.05) is 44.5 Å². The van der Waals surface area contributed by atoms with Gasteiger partial charge in [0.2, 0.25) is 6.39 Å². The van der Waals surface area contributed by atoms with E-state index >= 15 is 0 Å². The maximum absolute atomic E-state index is 7.00. The summed E-state index contributed by atoms with van der Waals surface area (Å²) in [6.07, 6.45) is 9.13. The van der Waals surface area contributed by atoms with Gasteiger partial charge in [-0.05, 0) is 19.4 Å². The fourth-order valence-corrected chi connectivity index (χ4v) is 0.698. The van der Waals surface area contributed by atoms with Gasteiger partial charge in [-0.3, -0.25) is 0 Å². The molecule has 0 saturated carbocycles. The molecule has 0 aliphatic carbocycles. The predicted molar refractivity (Wildman–Crippen MR) is 79.2 cm³/mol. The van der Waals surface area contributed by atoms with Gasteiger partial charge in [-0.25, -0.2) is 0 Å². The molecule has 1 aromatic rings. The molecule has 0 atom stereocenters. The van der Waals surface area contributed by atoms with Crippen molar-refractivity contribution < 1.29 is 15.4 Å². The zero-order valence-corrected chi connectivity index (χ0v) is 13.2. The minimum absolute atomic E-state index is 0.764. The molecule has 0 aromatic carbocycles. The molecule has 1 rings (SSSR count). The van der Waals surface area contributed by atoms with E-state index in [4.69, 9.17) is 5.11 Å². The van der Waals surface area contributed by atoms with Crippen LogP contribution in [0.5, 0.6) is 0 Å². The fraction of sp³-hybridized carbons (Fsp3) is 0.571. The third-order valence-corrected chi connectivity index (χ3v) is 1.80. The average molecular weight is 272 g/mol. The number of rotatable bonds is 3. The van der Waals surface area contributed by atoms with Gasteiger partial charge < -0.3 is 15.4 Å². The van der Waals surface area contributed by atoms with Gasteiger partial charge in [0, 0.05) is 13.5 Å². The minimum Gasteiger partial charge on any atom is -0.400 e. The van der Waals surface area contributed by atoms with Crippen LogP contribution >= 0.6 is 0 Å². The lowest BCUT2D eigenvalue weighted by atomic mass is 10.2. The number of nitrogens with zero attached hydrogens (tertiary/aromatic N) is 2. The quantitative estimate of drug-likeness (QED) is 0.827. The molecule has 1 aromatic heterocycles. The van der Waals surface area contributed by atoms with Crippen LogP contribution in [0.15, 0.2) is 34.8 Å². The second-order valence-electron chi connectivity index (χ2n) is 3.00. The summed E-state index contributed by atoms with van der Waals surface area (Å²) in [5, 5.41) is 10.5. The molecule has 1 heterocycles. The van der Waals surface area contributed by atoms with E-state index in [2.05, 4.69) is 40.3 Å². The van der Waals surface area contributed by atoms with Gasteiger partial charge in [-0.2, -0.15) is 4.98 Å². The molecular formula is C14H30N3O2+. The second kappa shape index (κ2) is 21.8. The molecule has 0 amide bonds. The highest BCUT2D eigenvalue weighted by Gasteiger charge is 1.88. The van der Waals surface area contributed by atoms with Crippen molar-refractivity contribution >= 4 is 0 Å². The number of aliphatic hydroxyl groups is 1. The lowest BCUT2D eigenvalue weighted by Crippen LogP contribution is -2.38. The summed E-state index contributed by atoms with van der Waals surface area (Å²) in [5.41, 5.74) is 4.96. The molecule has 112 valence electrons. The number of aromatic nitrogens is 2. The van der Waals surface area contributed by atoms with Gasteiger partial charge in [-0.15, -0.1) is 0 Å². The lowest BCUT2D eigenvalue weighted by Gasteiger charge is -1.86. The number of quaternary nitrogens is 1. The fourth-order valence-electron chi connectivity index (χ4n) is 0.698. The Labute approximate surface area is 117 Å². The highest BCUT2D eigenvalue weighted by molar-refractivity contribution is 5.07. The van der Waals surface area contributed by atoms with E-state index in [-0.39, 0.29) is 0 Å². The molecular weight excluding hydrogens is 242 g/mol. The Morgan fingerprint density at radius 2 is 1.95 bits per heavy atom. The lowest BCUT2D eigenvalue weighted by molar-refractivity contribution is -0.274. The SMILES string of the molecule is CC.CC/C(C)=C/C=C\[NH3+].CCc1ncon1.CO. The molecule has 5 nitrogen and oxygen atoms in total. The molecule has 0 bridgehead atoms. The molecule has 0 aliphatic heterocycles. The normalized spacial score (nSPS) is 9.58. The van der Waals surface area contributed by atoms with Crippen LogP contribution in [-0.2, 0) is 6.42 Å². The molecule has 0 saturated heterocycles. The number of aryl methyl sites for hydroxylation is 1. The van der Waals surface area contributed by atoms with E-state index in [0.717, 1.165) is 25.8 Å². The van der Waals surface area contributed by atoms with Crippen molar-refractivity contribution in [1.29, 1.82) is 0 Å². The molecule has 0 unspecified atom stereocenters. The van der Waals surface area contributed by atoms with E-state index in [1.807, 2.05) is 26.8 Å². The standard InChI is InChI=1S/C7H13N.C4H6N2O.C2H6.CH4O/c1-3-7(2)5-4-6-8;1-2-4-5-3-7-6-4;2*1-2/h4-6H,3,8H2,1-2H3;3H,2H2,1H3;1-2H3;2H,1H3/p+1/b6-4-,7-5+;;;. The Bertz CT molecular complexity index is 294. The summed E-state index contributed by atoms with van der Waals surface area (Å²) in [7, 11) is 1.00. The summed E-state index contributed by atoms with van der Waals surface area (Å²) in [6.45, 7) is 10.2. The Hall–Kier alpha value is -1.46. The van der Waals surface area contributed by atoms with E-state index in [9.17, 15) is 0 Å². The maximum Gasteiger partial charge on any atom is 0.213 e. The summed E-state index contributed by atoms with van der Waals surface area (Å²) in [6, 6.07) is 0. The molecule has 5 heteroatoms. The first kappa shape index (κ1) is 22.7. The highest BCUT2D eigenvalue weighted by atomic mass is 16.5. The third kappa shape index (κ3) is 19.1. The van der Waals surface area contributed by atoms with Crippen LogP contribution < -0.4 is 5.73 Å². The van der Waals surface area contributed by atoms with Crippen LogP contribution in [0.1, 0.15) is 46.9 Å². The number of aliphatic hydroxyl groups excluding tert-OH is 1. The number of hydrogen-bond acceptors (Lipinski definition) is 4. The van der Waals surface area contributed by atoms with Crippen molar-refractivity contribution in [3.05, 3.63) is 36.1 Å². The largest absolute Gasteiger partial charge is 0.400 e. The van der Waals surface area contributed by atoms with Crippen LogP contribution in [0.3, 0.4) is 0 Å². The van der Waals surface area contributed by atoms with Crippen LogP contribution in [0.4, 0.5) is 0 Å². The number of allylic oxidation sites excluding steroid dienone is 3. The minimum atomic E-state index is 0.764. The van der Waals surface area contributed by atoms with E-state index < -0.39 is 0 Å². The van der Waals surface area contributed by atoms with Crippen LogP contribution in [0.25, 0.3) is 0 Å². The van der Waals surface area contributed by atoms with E-state index in [1.54, 1.807) is 6.20 Å². The van der Waals surface area contributed by atoms with Crippen LogP contribution in [0.2, 0.25) is 0 Å². The van der Waals surface area contributed by atoms with Crippen LogP contribution in [0, 0.1) is 0 Å². The van der Waals surface area contributed by atoms with Crippen molar-refractivity contribution in [3.8, 4) is 0 Å². The van der Waals surface area contributed by atoms with Gasteiger partial charge in [0.25, 0.3) is 0 Å². The van der Waals surface area contributed by atoms with Crippen molar-refractivity contribution in [3.63, 3.8) is 0 Å². The first-order chi connectivity index (χ1) is 9.24. The van der Waals surface area contributed by atoms with Crippen molar-refractivity contribution in [2.75, 3.05) is 7.11 Å². The summed E-state index contributed by atoms with van der Waals surface area (Å²) in [4.78, 5) is 3.76. The van der Waals surface area contributed by atoms with Gasteiger partial charge in [0.15, 0.2) is 5.82 Å². The Morgan fingerprint density at radius 3 is 2.21 bits per heavy atom. The zero-order chi connectivity index (χ0) is 15.5. The Morgan fingerprint density at radius 1 is 1.37 bits per heavy atom. The van der Waals surface area contributed by atoms with Crippen molar-refractivity contribution in [1.82, 2.24) is 10.1 Å². The van der Waals surface area contributed by atoms with E-state index in [0.29, 0.717) is 0 Å². The summed E-state index contributed by atoms with van der Waals surface area (Å²) in [5.74, 6) is 0.764. The number of hydrogen-bond donors (Lipinski definition) is 2. The molecule has 0 spiro atoms. The third-order valence-electron chi connectivity index (χ3n) is 1.80. The molecule has 19 heavy (non-hydrogen) atoms. The first-order valence-corrected chi connectivity index (χ1v) is 6.56. The molecule has 0 aliphatic rings. The summed E-state index contributed by atoms with van der Waals surface area (Å²) >= 11 is 0. The first-order valence-electron chi connectivity index (χ1n) is 6.56. The summed E-state index contributed by atoms with van der Waals surface area (Å²) < 4.78 is 4.44. The van der Waals surface area contributed by atoms with Crippen LogP contribution in [-0.4, -0.2) is 22.4 Å². The van der Waals surface area contributed by atoms with Gasteiger partial charge >= 0.3 is 0 Å². The Balaban J connectivity index is -0.000000214. The smallest absolute Gasteiger partial charge is 0.213 e. The van der Waals surface area contributed by atoms with Crippen molar-refractivity contribution in [2.45, 2.75) is 47.5 Å². The average Bonchev–Trinajstić information content (AvgIpc) is 3.03.